The summed E-state index contributed by atoms with van der Waals surface area (Å²) in [7, 11) is -12.6. The summed E-state index contributed by atoms with van der Waals surface area (Å²) in [5, 5.41) is 9.53. The van der Waals surface area contributed by atoms with Crippen molar-refractivity contribution in [2.45, 2.75) is 91.2 Å². The molecule has 2 fully saturated rings. The lowest BCUT2D eigenvalue weighted by Crippen LogP contribution is -2.50. The highest BCUT2D eigenvalue weighted by Gasteiger charge is 2.53. The molecule has 1 aliphatic carbocycles. The van der Waals surface area contributed by atoms with Gasteiger partial charge in [-0.25, -0.2) is 16.8 Å². The van der Waals surface area contributed by atoms with Gasteiger partial charge in [-0.15, -0.1) is 0 Å². The SMILES string of the molecule is CC(C)OP(=O)(CS(=O)(=O)CS(=O)(=O)CC1CC(C)C2OC(C)(C)OC2C1O)OC(C)C. The maximum atomic E-state index is 12.9. The summed E-state index contributed by atoms with van der Waals surface area (Å²) in [6, 6.07) is 0. The fourth-order valence-corrected chi connectivity index (χ4v) is 12.6. The van der Waals surface area contributed by atoms with E-state index < -0.39 is 79.7 Å². The molecule has 1 saturated carbocycles. The van der Waals surface area contributed by atoms with Crippen LogP contribution < -0.4 is 0 Å². The van der Waals surface area contributed by atoms with Gasteiger partial charge < -0.3 is 23.6 Å². The van der Waals surface area contributed by atoms with Crippen LogP contribution in [-0.4, -0.2) is 74.6 Å². The highest BCUT2D eigenvalue weighted by Crippen LogP contribution is 2.51. The number of sulfone groups is 2. The third-order valence-corrected chi connectivity index (χ3v) is 13.3. The zero-order valence-corrected chi connectivity index (χ0v) is 22.3. The standard InChI is InChI=1S/C19H37O10PS2/c1-12(2)28-30(21,29-13(3)4)10-32(24,25)11-31(22,23)9-15-8-14(5)17-18(16(15)20)27-19(6,7)26-17/h12-18,20H,8-11H2,1-7H3. The lowest BCUT2D eigenvalue weighted by Gasteiger charge is -2.38. The van der Waals surface area contributed by atoms with Crippen LogP contribution in [0.5, 0.6) is 0 Å². The first-order valence-corrected chi connectivity index (χ1v) is 16.1. The van der Waals surface area contributed by atoms with E-state index in [4.69, 9.17) is 18.5 Å². The molecule has 10 nitrogen and oxygen atoms in total. The molecule has 1 heterocycles. The molecule has 2 rings (SSSR count). The van der Waals surface area contributed by atoms with Crippen LogP contribution in [-0.2, 0) is 42.8 Å². The average molecular weight is 521 g/mol. The first kappa shape index (κ1) is 28.2. The topological polar surface area (TPSA) is 142 Å². The number of hydrogen-bond acceptors (Lipinski definition) is 10. The minimum absolute atomic E-state index is 0.0823. The van der Waals surface area contributed by atoms with E-state index in [-0.39, 0.29) is 12.0 Å². The molecule has 2 aliphatic rings. The second-order valence-corrected chi connectivity index (χ2v) is 16.8. The first-order chi connectivity index (χ1) is 14.3. The molecule has 0 bridgehead atoms. The summed E-state index contributed by atoms with van der Waals surface area (Å²) in [5.74, 6) is -2.23. The molecule has 0 aromatic carbocycles. The predicted molar refractivity (Wildman–Crippen MR) is 120 cm³/mol. The van der Waals surface area contributed by atoms with Gasteiger partial charge in [-0.1, -0.05) is 6.92 Å². The summed E-state index contributed by atoms with van der Waals surface area (Å²) in [6.45, 7) is 11.6. The van der Waals surface area contributed by atoms with Gasteiger partial charge in [0.25, 0.3) is 0 Å². The van der Waals surface area contributed by atoms with Crippen LogP contribution in [0.4, 0.5) is 0 Å². The van der Waals surface area contributed by atoms with Gasteiger partial charge >= 0.3 is 7.60 Å². The Morgan fingerprint density at radius 1 is 1.00 bits per heavy atom. The number of fused-ring (bicyclic) bond motifs is 1. The molecule has 190 valence electrons. The Morgan fingerprint density at radius 2 is 1.50 bits per heavy atom. The molecule has 5 unspecified atom stereocenters. The predicted octanol–water partition coefficient (Wildman–Crippen LogP) is 2.31. The van der Waals surface area contributed by atoms with Crippen molar-refractivity contribution < 1.29 is 45.0 Å². The van der Waals surface area contributed by atoms with Crippen molar-refractivity contribution in [3.8, 4) is 0 Å². The Hall–Kier alpha value is -0.0700. The molecule has 1 saturated heterocycles. The lowest BCUT2D eigenvalue weighted by molar-refractivity contribution is -0.155. The van der Waals surface area contributed by atoms with E-state index in [1.54, 1.807) is 41.5 Å². The Bertz CT molecular complexity index is 898. The molecule has 0 spiro atoms. The van der Waals surface area contributed by atoms with Crippen molar-refractivity contribution in [3.05, 3.63) is 0 Å². The average Bonchev–Trinajstić information content (AvgIpc) is 2.84. The molecule has 0 aromatic rings. The maximum Gasteiger partial charge on any atom is 0.346 e. The Labute approximate surface area is 191 Å². The van der Waals surface area contributed by atoms with Crippen LogP contribution in [0, 0.1) is 11.8 Å². The van der Waals surface area contributed by atoms with Gasteiger partial charge in [0.05, 0.1) is 30.2 Å². The first-order valence-electron chi connectivity index (χ1n) is 10.7. The van der Waals surface area contributed by atoms with Gasteiger partial charge in [0.15, 0.2) is 36.0 Å². The fourth-order valence-electron chi connectivity index (χ4n) is 4.36. The van der Waals surface area contributed by atoms with E-state index in [1.807, 2.05) is 6.92 Å². The molecule has 13 heteroatoms. The minimum Gasteiger partial charge on any atom is -0.390 e. The van der Waals surface area contributed by atoms with Crippen molar-refractivity contribution in [2.24, 2.45) is 11.8 Å². The second-order valence-electron chi connectivity index (χ2n) is 9.85. The number of aliphatic hydroxyl groups excluding tert-OH is 1. The molecule has 0 aromatic heterocycles. The maximum absolute atomic E-state index is 12.9. The van der Waals surface area contributed by atoms with E-state index in [0.29, 0.717) is 6.42 Å². The van der Waals surface area contributed by atoms with Crippen LogP contribution in [0.15, 0.2) is 0 Å². The lowest BCUT2D eigenvalue weighted by atomic mass is 9.77. The molecule has 32 heavy (non-hydrogen) atoms. The van der Waals surface area contributed by atoms with Gasteiger partial charge in [-0.2, -0.15) is 0 Å². The summed E-state index contributed by atoms with van der Waals surface area (Å²) in [5.41, 5.74) is -1.03. The summed E-state index contributed by atoms with van der Waals surface area (Å²) >= 11 is 0. The number of rotatable bonds is 10. The van der Waals surface area contributed by atoms with Crippen LogP contribution >= 0.6 is 7.60 Å². The molecule has 5 atom stereocenters. The number of hydrogen-bond donors (Lipinski definition) is 1. The van der Waals surface area contributed by atoms with Gasteiger partial charge in [-0.05, 0) is 53.9 Å². The molecule has 0 radical (unpaired) electrons. The molecular weight excluding hydrogens is 483 g/mol. The van der Waals surface area contributed by atoms with Crippen molar-refractivity contribution in [3.63, 3.8) is 0 Å². The van der Waals surface area contributed by atoms with E-state index in [2.05, 4.69) is 0 Å². The van der Waals surface area contributed by atoms with Crippen LogP contribution in [0.3, 0.4) is 0 Å². The number of aliphatic hydroxyl groups is 1. The molecule has 1 aliphatic heterocycles. The van der Waals surface area contributed by atoms with E-state index >= 15 is 0 Å². The van der Waals surface area contributed by atoms with Crippen LogP contribution in [0.25, 0.3) is 0 Å². The summed E-state index contributed by atoms with van der Waals surface area (Å²) in [4.78, 5) is 0. The van der Waals surface area contributed by atoms with Crippen molar-refractivity contribution >= 4 is 27.3 Å². The third kappa shape index (κ3) is 7.73. The molecular formula is C19H37O10PS2. The van der Waals surface area contributed by atoms with Crippen molar-refractivity contribution in [1.82, 2.24) is 0 Å². The second kappa shape index (κ2) is 9.89. The highest BCUT2D eigenvalue weighted by atomic mass is 32.3. The normalized spacial score (nSPS) is 31.2. The highest BCUT2D eigenvalue weighted by molar-refractivity contribution is 8.10. The van der Waals surface area contributed by atoms with Gasteiger partial charge in [0, 0.05) is 5.92 Å². The fraction of sp³-hybridized carbons (Fsp3) is 1.00. The minimum atomic E-state index is -4.34. The monoisotopic (exact) mass is 520 g/mol. The van der Waals surface area contributed by atoms with Gasteiger partial charge in [-0.3, -0.25) is 4.57 Å². The summed E-state index contributed by atoms with van der Waals surface area (Å²) in [6.07, 6.45) is -2.98. The molecule has 0 amide bonds. The zero-order chi connectivity index (χ0) is 24.7. The van der Waals surface area contributed by atoms with E-state index in [1.165, 1.54) is 0 Å². The van der Waals surface area contributed by atoms with Gasteiger partial charge in [0.1, 0.15) is 6.10 Å². The largest absolute Gasteiger partial charge is 0.390 e. The van der Waals surface area contributed by atoms with Crippen LogP contribution in [0.1, 0.15) is 54.9 Å². The number of ether oxygens (including phenoxy) is 2. The van der Waals surface area contributed by atoms with E-state index in [0.717, 1.165) is 0 Å². The Balaban J connectivity index is 2.12. The zero-order valence-electron chi connectivity index (χ0n) is 19.8. The van der Waals surface area contributed by atoms with E-state index in [9.17, 15) is 26.5 Å². The Morgan fingerprint density at radius 3 is 2.00 bits per heavy atom. The van der Waals surface area contributed by atoms with Crippen molar-refractivity contribution in [2.75, 3.05) is 16.3 Å². The quantitative estimate of drug-likeness (QED) is 0.426. The summed E-state index contributed by atoms with van der Waals surface area (Å²) < 4.78 is 85.9. The molecule has 1 N–H and O–H groups in total. The smallest absolute Gasteiger partial charge is 0.346 e. The van der Waals surface area contributed by atoms with Gasteiger partial charge in [0.2, 0.25) is 0 Å². The Kier molecular flexibility index (Phi) is 8.71. The van der Waals surface area contributed by atoms with Crippen LogP contribution in [0.2, 0.25) is 0 Å². The van der Waals surface area contributed by atoms with Crippen molar-refractivity contribution in [1.29, 1.82) is 0 Å². The third-order valence-electron chi connectivity index (χ3n) is 5.14.